The van der Waals surface area contributed by atoms with Gasteiger partial charge < -0.3 is 15.1 Å². The topological polar surface area (TPSA) is 18.5 Å². The second-order valence-corrected chi connectivity index (χ2v) is 6.71. The Kier molecular flexibility index (Phi) is 7.33. The molecule has 1 saturated carbocycles. The Balaban J connectivity index is 2.15. The van der Waals surface area contributed by atoms with Crippen molar-refractivity contribution in [2.45, 2.75) is 64.0 Å². The van der Waals surface area contributed by atoms with Crippen molar-refractivity contribution >= 4 is 0 Å². The summed E-state index contributed by atoms with van der Waals surface area (Å²) in [5, 5.41) is 3.57. The molecule has 0 heterocycles. The van der Waals surface area contributed by atoms with E-state index in [0.717, 1.165) is 6.54 Å². The van der Waals surface area contributed by atoms with Crippen molar-refractivity contribution in [3.8, 4) is 0 Å². The zero-order chi connectivity index (χ0) is 14.3. The fourth-order valence-electron chi connectivity index (χ4n) is 3.07. The average Bonchev–Trinajstić information content (AvgIpc) is 2.30. The molecule has 0 saturated heterocycles. The highest BCUT2D eigenvalue weighted by molar-refractivity contribution is 4.97. The minimum Gasteiger partial charge on any atom is -0.314 e. The van der Waals surface area contributed by atoms with Crippen LogP contribution in [0, 0.1) is 0 Å². The highest BCUT2D eigenvalue weighted by atomic mass is 15.2. The molecule has 0 aromatic heterocycles. The maximum Gasteiger partial charge on any atom is 0.0330 e. The molecule has 0 amide bonds. The van der Waals surface area contributed by atoms with Crippen LogP contribution in [0.3, 0.4) is 0 Å². The molecular weight excluding hydrogens is 234 g/mol. The van der Waals surface area contributed by atoms with E-state index in [-0.39, 0.29) is 0 Å². The number of nitrogens with zero attached hydrogens (tertiary/aromatic N) is 2. The summed E-state index contributed by atoms with van der Waals surface area (Å²) in [4.78, 5) is 4.98. The van der Waals surface area contributed by atoms with Crippen molar-refractivity contribution in [1.29, 1.82) is 0 Å². The van der Waals surface area contributed by atoms with Gasteiger partial charge in [-0.1, -0.05) is 6.92 Å². The zero-order valence-electron chi connectivity index (χ0n) is 13.8. The van der Waals surface area contributed by atoms with Gasteiger partial charge in [-0.25, -0.2) is 0 Å². The Morgan fingerprint density at radius 3 is 2.37 bits per heavy atom. The largest absolute Gasteiger partial charge is 0.314 e. The predicted molar refractivity (Wildman–Crippen MR) is 84.8 cm³/mol. The third-order valence-corrected chi connectivity index (χ3v) is 4.72. The van der Waals surface area contributed by atoms with Crippen LogP contribution in [0.1, 0.15) is 52.4 Å². The number of hydrogen-bond donors (Lipinski definition) is 1. The van der Waals surface area contributed by atoms with Crippen LogP contribution in [-0.2, 0) is 0 Å². The van der Waals surface area contributed by atoms with Gasteiger partial charge in [0.05, 0.1) is 0 Å². The molecule has 0 spiro atoms. The molecule has 3 nitrogen and oxygen atoms in total. The minimum atomic E-state index is 0.473. The van der Waals surface area contributed by atoms with Gasteiger partial charge in [0.25, 0.3) is 0 Å². The molecule has 1 aliphatic rings. The highest BCUT2D eigenvalue weighted by Crippen LogP contribution is 2.36. The number of rotatable bonds is 10. The van der Waals surface area contributed by atoms with Gasteiger partial charge in [-0.05, 0) is 79.7 Å². The van der Waals surface area contributed by atoms with Crippen molar-refractivity contribution in [3.05, 3.63) is 0 Å². The number of likely N-dealkylation sites (N-methyl/N-ethyl adjacent to an activating group) is 2. The smallest absolute Gasteiger partial charge is 0.0330 e. The van der Waals surface area contributed by atoms with Crippen molar-refractivity contribution in [2.75, 3.05) is 40.8 Å². The number of hydrogen-bond acceptors (Lipinski definition) is 3. The Morgan fingerprint density at radius 2 is 1.89 bits per heavy atom. The van der Waals surface area contributed by atoms with Crippen LogP contribution in [0.25, 0.3) is 0 Å². The van der Waals surface area contributed by atoms with Crippen LogP contribution in [0.2, 0.25) is 0 Å². The molecule has 1 unspecified atom stereocenters. The van der Waals surface area contributed by atoms with E-state index in [0.29, 0.717) is 11.6 Å². The van der Waals surface area contributed by atoms with Gasteiger partial charge in [0.2, 0.25) is 0 Å². The van der Waals surface area contributed by atoms with Crippen LogP contribution in [0.4, 0.5) is 0 Å². The summed E-state index contributed by atoms with van der Waals surface area (Å²) in [5.74, 6) is 0. The standard InChI is InChI=1S/C16H35N3/c1-6-12-17-15(2)9-7-13-19(5)14-16(18(3)4)10-8-11-16/h15,17H,6-14H2,1-5H3. The Bertz CT molecular complexity index is 236. The fraction of sp³-hybridized carbons (Fsp3) is 1.00. The van der Waals surface area contributed by atoms with Crippen LogP contribution >= 0.6 is 0 Å². The van der Waals surface area contributed by atoms with E-state index < -0.39 is 0 Å². The summed E-state index contributed by atoms with van der Waals surface area (Å²) in [7, 11) is 6.77. The van der Waals surface area contributed by atoms with Crippen LogP contribution in [0.5, 0.6) is 0 Å². The quantitative estimate of drug-likeness (QED) is 0.657. The fourth-order valence-corrected chi connectivity index (χ4v) is 3.07. The molecule has 0 aromatic rings. The normalized spacial score (nSPS) is 19.7. The molecule has 1 aliphatic carbocycles. The molecule has 114 valence electrons. The van der Waals surface area contributed by atoms with E-state index in [1.54, 1.807) is 0 Å². The highest BCUT2D eigenvalue weighted by Gasteiger charge is 2.39. The molecule has 3 heteroatoms. The van der Waals surface area contributed by atoms with E-state index in [1.165, 1.54) is 51.6 Å². The van der Waals surface area contributed by atoms with Crippen LogP contribution < -0.4 is 5.32 Å². The summed E-state index contributed by atoms with van der Waals surface area (Å²) in [5.41, 5.74) is 0.473. The van der Waals surface area contributed by atoms with E-state index in [2.05, 4.69) is 50.1 Å². The second-order valence-electron chi connectivity index (χ2n) is 6.71. The van der Waals surface area contributed by atoms with Gasteiger partial charge in [0.1, 0.15) is 0 Å². The maximum absolute atomic E-state index is 3.57. The Morgan fingerprint density at radius 1 is 1.21 bits per heavy atom. The van der Waals surface area contributed by atoms with Gasteiger partial charge in [-0.2, -0.15) is 0 Å². The molecular formula is C16H35N3. The monoisotopic (exact) mass is 269 g/mol. The maximum atomic E-state index is 3.57. The summed E-state index contributed by atoms with van der Waals surface area (Å²) >= 11 is 0. The summed E-state index contributed by atoms with van der Waals surface area (Å²) in [6, 6.07) is 0.667. The second kappa shape index (κ2) is 8.23. The van der Waals surface area contributed by atoms with E-state index in [9.17, 15) is 0 Å². The van der Waals surface area contributed by atoms with E-state index in [4.69, 9.17) is 0 Å². The van der Waals surface area contributed by atoms with Crippen molar-refractivity contribution in [2.24, 2.45) is 0 Å². The van der Waals surface area contributed by atoms with Gasteiger partial charge in [0.15, 0.2) is 0 Å². The van der Waals surface area contributed by atoms with E-state index in [1.807, 2.05) is 0 Å². The predicted octanol–water partition coefficient (Wildman–Crippen LogP) is 2.57. The summed E-state index contributed by atoms with van der Waals surface area (Å²) in [6.45, 7) is 8.15. The first-order valence-electron chi connectivity index (χ1n) is 8.09. The minimum absolute atomic E-state index is 0.473. The summed E-state index contributed by atoms with van der Waals surface area (Å²) in [6.07, 6.45) is 7.98. The molecule has 19 heavy (non-hydrogen) atoms. The van der Waals surface area contributed by atoms with Gasteiger partial charge in [-0.3, -0.25) is 0 Å². The van der Waals surface area contributed by atoms with Gasteiger partial charge >= 0.3 is 0 Å². The first-order valence-corrected chi connectivity index (χ1v) is 8.09. The molecule has 1 rings (SSSR count). The molecule has 0 bridgehead atoms. The molecule has 0 radical (unpaired) electrons. The first-order chi connectivity index (χ1) is 9.00. The first kappa shape index (κ1) is 16.9. The summed E-state index contributed by atoms with van der Waals surface area (Å²) < 4.78 is 0. The zero-order valence-corrected chi connectivity index (χ0v) is 13.8. The third kappa shape index (κ3) is 5.41. The Hall–Kier alpha value is -0.120. The van der Waals surface area contributed by atoms with Crippen LogP contribution in [0.15, 0.2) is 0 Å². The Labute approximate surface area is 120 Å². The lowest BCUT2D eigenvalue weighted by atomic mass is 9.75. The lowest BCUT2D eigenvalue weighted by Gasteiger charge is -2.49. The molecule has 0 aromatic carbocycles. The van der Waals surface area contributed by atoms with E-state index >= 15 is 0 Å². The SMILES string of the molecule is CCCNC(C)CCCN(C)CC1(N(C)C)CCC1. The van der Waals surface area contributed by atoms with Gasteiger partial charge in [-0.15, -0.1) is 0 Å². The lowest BCUT2D eigenvalue weighted by Crippen LogP contribution is -2.56. The molecule has 1 atom stereocenters. The molecule has 0 aliphatic heterocycles. The van der Waals surface area contributed by atoms with Crippen LogP contribution in [-0.4, -0.2) is 62.2 Å². The van der Waals surface area contributed by atoms with Crippen molar-refractivity contribution in [3.63, 3.8) is 0 Å². The molecule has 1 N–H and O–H groups in total. The number of nitrogens with one attached hydrogen (secondary N) is 1. The average molecular weight is 269 g/mol. The lowest BCUT2D eigenvalue weighted by molar-refractivity contribution is 0.0274. The van der Waals surface area contributed by atoms with Crippen molar-refractivity contribution in [1.82, 2.24) is 15.1 Å². The molecule has 1 fully saturated rings. The van der Waals surface area contributed by atoms with Crippen molar-refractivity contribution < 1.29 is 0 Å². The van der Waals surface area contributed by atoms with Gasteiger partial charge in [0, 0.05) is 18.1 Å². The third-order valence-electron chi connectivity index (χ3n) is 4.72.